The van der Waals surface area contributed by atoms with Gasteiger partial charge in [0.05, 0.1) is 11.7 Å². The number of fused-ring (bicyclic) bond motifs is 3. The maximum absolute atomic E-state index is 12.3. The number of hydrogen-bond donors (Lipinski definition) is 0. The zero-order chi connectivity index (χ0) is 19.6. The molecule has 1 aromatic carbocycles. The first kappa shape index (κ1) is 19.0. The van der Waals surface area contributed by atoms with Gasteiger partial charge >= 0.3 is 6.36 Å². The van der Waals surface area contributed by atoms with Crippen LogP contribution in [0.15, 0.2) is 24.3 Å². The fraction of sp³-hybridized carbons (Fsp3) is 0.474. The monoisotopic (exact) mass is 409 g/mol. The van der Waals surface area contributed by atoms with Crippen LogP contribution >= 0.6 is 11.7 Å². The zero-order valence-electron chi connectivity index (χ0n) is 14.9. The topological polar surface area (TPSA) is 47.5 Å². The first-order chi connectivity index (χ1) is 13.5. The highest BCUT2D eigenvalue weighted by Crippen LogP contribution is 2.41. The second-order valence-corrected chi connectivity index (χ2v) is 7.39. The molecule has 1 unspecified atom stereocenters. The molecular weight excluding hydrogens is 391 g/mol. The molecule has 2 bridgehead atoms. The van der Waals surface area contributed by atoms with Gasteiger partial charge in [0, 0.05) is 18.0 Å². The second kappa shape index (κ2) is 7.97. The van der Waals surface area contributed by atoms with Crippen LogP contribution in [0.25, 0.3) is 0 Å². The van der Waals surface area contributed by atoms with E-state index in [2.05, 4.69) is 30.2 Å². The van der Waals surface area contributed by atoms with Crippen molar-refractivity contribution >= 4 is 11.7 Å². The van der Waals surface area contributed by atoms with Crippen molar-refractivity contribution in [3.63, 3.8) is 0 Å². The van der Waals surface area contributed by atoms with Crippen LogP contribution in [-0.4, -0.2) is 46.3 Å². The lowest BCUT2D eigenvalue weighted by molar-refractivity contribution is -0.274. The van der Waals surface area contributed by atoms with Gasteiger partial charge in [-0.15, -0.1) is 17.5 Å². The summed E-state index contributed by atoms with van der Waals surface area (Å²) in [7, 11) is 0. The van der Waals surface area contributed by atoms with Crippen LogP contribution in [0.5, 0.6) is 11.6 Å². The summed E-state index contributed by atoms with van der Waals surface area (Å²) in [5.41, 5.74) is 1.32. The van der Waals surface area contributed by atoms with Crippen molar-refractivity contribution in [2.45, 2.75) is 25.1 Å². The summed E-state index contributed by atoms with van der Waals surface area (Å²) in [5.74, 6) is 6.79. The molecular formula is C19H18F3N3O2S. The third kappa shape index (κ3) is 4.56. The number of benzene rings is 1. The molecule has 0 N–H and O–H groups in total. The van der Waals surface area contributed by atoms with Crippen LogP contribution in [0.2, 0.25) is 0 Å². The van der Waals surface area contributed by atoms with Crippen molar-refractivity contribution in [1.82, 2.24) is 13.6 Å². The van der Waals surface area contributed by atoms with E-state index in [1.54, 1.807) is 6.07 Å². The van der Waals surface area contributed by atoms with Crippen LogP contribution in [0.3, 0.4) is 0 Å². The van der Waals surface area contributed by atoms with E-state index in [-0.39, 0.29) is 12.4 Å². The summed E-state index contributed by atoms with van der Waals surface area (Å²) in [6, 6.07) is 5.54. The molecule has 3 aliphatic heterocycles. The standard InChI is InChI=1S/C19H18F3N3O2S/c20-19(21,22)27-15-5-1-3-13(11-15)4-2-10-26-18-17(23-28-24-18)16-12-25-8-6-14(16)7-9-25/h1,3,5,11,14,16H,6-10,12H2. The maximum Gasteiger partial charge on any atom is 0.573 e. The molecule has 0 radical (unpaired) electrons. The summed E-state index contributed by atoms with van der Waals surface area (Å²) in [6.45, 7) is 3.38. The molecule has 0 aliphatic carbocycles. The molecule has 3 saturated heterocycles. The Morgan fingerprint density at radius 2 is 2.04 bits per heavy atom. The number of piperidine rings is 3. The van der Waals surface area contributed by atoms with Gasteiger partial charge in [-0.1, -0.05) is 17.9 Å². The van der Waals surface area contributed by atoms with Crippen molar-refractivity contribution in [2.75, 3.05) is 26.2 Å². The molecule has 3 fully saturated rings. The normalized spacial score (nSPS) is 23.8. The largest absolute Gasteiger partial charge is 0.573 e. The number of alkyl halides is 3. The molecule has 148 valence electrons. The van der Waals surface area contributed by atoms with Crippen LogP contribution < -0.4 is 9.47 Å². The summed E-state index contributed by atoms with van der Waals surface area (Å²) in [6.07, 6.45) is -2.37. The average molecular weight is 409 g/mol. The first-order valence-corrected chi connectivity index (χ1v) is 9.73. The van der Waals surface area contributed by atoms with E-state index < -0.39 is 6.36 Å². The van der Waals surface area contributed by atoms with Gasteiger partial charge in [-0.3, -0.25) is 0 Å². The van der Waals surface area contributed by atoms with Gasteiger partial charge in [0.25, 0.3) is 0 Å². The van der Waals surface area contributed by atoms with Crippen molar-refractivity contribution < 1.29 is 22.6 Å². The number of aromatic nitrogens is 2. The van der Waals surface area contributed by atoms with Gasteiger partial charge in [0.15, 0.2) is 6.61 Å². The smallest absolute Gasteiger partial charge is 0.463 e. The lowest BCUT2D eigenvalue weighted by Gasteiger charge is -2.44. The fourth-order valence-corrected chi connectivity index (χ4v) is 4.36. The Morgan fingerprint density at radius 1 is 1.21 bits per heavy atom. The third-order valence-electron chi connectivity index (χ3n) is 5.07. The van der Waals surface area contributed by atoms with Gasteiger partial charge in [-0.05, 0) is 50.0 Å². The second-order valence-electron chi connectivity index (χ2n) is 6.87. The number of ether oxygens (including phenoxy) is 2. The molecule has 28 heavy (non-hydrogen) atoms. The molecule has 2 aromatic rings. The molecule has 5 nitrogen and oxygen atoms in total. The van der Waals surface area contributed by atoms with Crippen molar-refractivity contribution in [3.05, 3.63) is 35.5 Å². The molecule has 0 amide bonds. The van der Waals surface area contributed by atoms with Crippen molar-refractivity contribution in [2.24, 2.45) is 5.92 Å². The zero-order valence-corrected chi connectivity index (χ0v) is 15.7. The van der Waals surface area contributed by atoms with Crippen LogP contribution in [0.1, 0.15) is 30.0 Å². The molecule has 0 spiro atoms. The van der Waals surface area contributed by atoms with Crippen molar-refractivity contribution in [3.8, 4) is 23.5 Å². The maximum atomic E-state index is 12.3. The van der Waals surface area contributed by atoms with Gasteiger partial charge in [0.2, 0.25) is 5.88 Å². The molecule has 3 aliphatic rings. The summed E-state index contributed by atoms with van der Waals surface area (Å²) in [5, 5.41) is 0. The highest BCUT2D eigenvalue weighted by molar-refractivity contribution is 6.99. The van der Waals surface area contributed by atoms with E-state index in [0.29, 0.717) is 23.3 Å². The van der Waals surface area contributed by atoms with Gasteiger partial charge in [0.1, 0.15) is 11.4 Å². The highest BCUT2D eigenvalue weighted by Gasteiger charge is 2.38. The molecule has 4 heterocycles. The summed E-state index contributed by atoms with van der Waals surface area (Å²) >= 11 is 1.13. The summed E-state index contributed by atoms with van der Waals surface area (Å²) < 4.78 is 55.2. The lowest BCUT2D eigenvalue weighted by Crippen LogP contribution is -2.46. The minimum absolute atomic E-state index is 0.0872. The summed E-state index contributed by atoms with van der Waals surface area (Å²) in [4.78, 5) is 2.45. The predicted molar refractivity (Wildman–Crippen MR) is 97.3 cm³/mol. The quantitative estimate of drug-likeness (QED) is 0.721. The van der Waals surface area contributed by atoms with Crippen molar-refractivity contribution in [1.29, 1.82) is 0 Å². The van der Waals surface area contributed by atoms with E-state index in [0.717, 1.165) is 37.1 Å². The van der Waals surface area contributed by atoms with Crippen LogP contribution in [0, 0.1) is 17.8 Å². The number of halogens is 3. The number of nitrogens with zero attached hydrogens (tertiary/aromatic N) is 3. The third-order valence-corrected chi connectivity index (χ3v) is 5.60. The van der Waals surface area contributed by atoms with Gasteiger partial charge < -0.3 is 14.4 Å². The average Bonchev–Trinajstić information content (AvgIpc) is 3.13. The van der Waals surface area contributed by atoms with Gasteiger partial charge in [-0.2, -0.15) is 4.37 Å². The molecule has 9 heteroatoms. The Morgan fingerprint density at radius 3 is 2.75 bits per heavy atom. The number of hydrogen-bond acceptors (Lipinski definition) is 6. The van der Waals surface area contributed by atoms with Crippen LogP contribution in [0.4, 0.5) is 13.2 Å². The van der Waals surface area contributed by atoms with E-state index >= 15 is 0 Å². The Bertz CT molecular complexity index is 882. The minimum Gasteiger partial charge on any atom is -0.463 e. The molecule has 1 aromatic heterocycles. The predicted octanol–water partition coefficient (Wildman–Crippen LogP) is 3.68. The SMILES string of the molecule is FC(F)(F)Oc1cccc(C#CCOc2nsnc2C2CN3CCC2CC3)c1. The molecule has 1 atom stereocenters. The first-order valence-electron chi connectivity index (χ1n) is 9.00. The van der Waals surface area contributed by atoms with E-state index in [1.165, 1.54) is 31.0 Å². The fourth-order valence-electron chi connectivity index (χ4n) is 3.80. The Labute approximate surface area is 164 Å². The number of rotatable bonds is 4. The Hall–Kier alpha value is -2.31. The van der Waals surface area contributed by atoms with Gasteiger partial charge in [-0.25, -0.2) is 0 Å². The Balaban J connectivity index is 1.37. The Kier molecular flexibility index (Phi) is 5.42. The molecule has 5 rings (SSSR count). The van der Waals surface area contributed by atoms with E-state index in [1.807, 2.05) is 0 Å². The lowest BCUT2D eigenvalue weighted by atomic mass is 9.77. The van der Waals surface area contributed by atoms with E-state index in [9.17, 15) is 13.2 Å². The van der Waals surface area contributed by atoms with Crippen LogP contribution in [-0.2, 0) is 0 Å². The van der Waals surface area contributed by atoms with E-state index in [4.69, 9.17) is 4.74 Å². The minimum atomic E-state index is -4.72. The highest BCUT2D eigenvalue weighted by atomic mass is 32.1. The molecule has 0 saturated carbocycles.